The summed E-state index contributed by atoms with van der Waals surface area (Å²) in [7, 11) is 1.50. The average Bonchev–Trinajstić information content (AvgIpc) is 2.26. The highest BCUT2D eigenvalue weighted by molar-refractivity contribution is 5.52. The van der Waals surface area contributed by atoms with Crippen molar-refractivity contribution in [2.24, 2.45) is 0 Å². The van der Waals surface area contributed by atoms with Crippen molar-refractivity contribution in [3.8, 4) is 11.5 Å². The van der Waals surface area contributed by atoms with Gasteiger partial charge in [-0.2, -0.15) is 0 Å². The highest BCUT2D eigenvalue weighted by Crippen LogP contribution is 2.27. The number of ether oxygens (including phenoxy) is 2. The monoisotopic (exact) mass is 196 g/mol. The molecule has 0 radical (unpaired) electrons. The first-order valence-corrected chi connectivity index (χ1v) is 4.16. The van der Waals surface area contributed by atoms with Crippen LogP contribution in [0.3, 0.4) is 0 Å². The molecular formula is C10H12O4. The van der Waals surface area contributed by atoms with E-state index in [0.29, 0.717) is 17.8 Å². The van der Waals surface area contributed by atoms with E-state index >= 15 is 0 Å². The smallest absolute Gasteiger partial charge is 0.161 e. The molecule has 0 heterocycles. The molecule has 0 saturated heterocycles. The number of hydrogen-bond donors (Lipinski definition) is 1. The molecule has 0 amide bonds. The number of aliphatic hydroxyl groups excluding tert-OH is 1. The van der Waals surface area contributed by atoms with Gasteiger partial charge >= 0.3 is 0 Å². The molecule has 14 heavy (non-hydrogen) atoms. The van der Waals surface area contributed by atoms with Crippen LogP contribution in [0, 0.1) is 0 Å². The van der Waals surface area contributed by atoms with E-state index in [2.05, 4.69) is 0 Å². The second-order valence-corrected chi connectivity index (χ2v) is 2.62. The van der Waals surface area contributed by atoms with Crippen molar-refractivity contribution >= 4 is 6.29 Å². The number of methoxy groups -OCH3 is 1. The Hall–Kier alpha value is -1.55. The third-order valence-corrected chi connectivity index (χ3v) is 1.72. The van der Waals surface area contributed by atoms with Crippen LogP contribution >= 0.6 is 0 Å². The van der Waals surface area contributed by atoms with Crippen LogP contribution < -0.4 is 9.47 Å². The Morgan fingerprint density at radius 1 is 1.43 bits per heavy atom. The maximum absolute atomic E-state index is 10.1. The van der Waals surface area contributed by atoms with Crippen LogP contribution in [-0.2, 0) is 11.4 Å². The lowest BCUT2D eigenvalue weighted by atomic mass is 10.2. The molecule has 0 aromatic heterocycles. The number of aldehydes is 1. The fourth-order valence-electron chi connectivity index (χ4n) is 1.05. The highest BCUT2D eigenvalue weighted by atomic mass is 16.5. The van der Waals surface area contributed by atoms with E-state index in [1.165, 1.54) is 7.11 Å². The van der Waals surface area contributed by atoms with Gasteiger partial charge in [-0.3, -0.25) is 4.79 Å². The quantitative estimate of drug-likeness (QED) is 0.706. The minimum absolute atomic E-state index is 0.00513. The van der Waals surface area contributed by atoms with Crippen LogP contribution in [0.1, 0.15) is 5.56 Å². The predicted octanol–water partition coefficient (Wildman–Crippen LogP) is 0.765. The Kier molecular flexibility index (Phi) is 3.94. The zero-order chi connectivity index (χ0) is 10.4. The highest BCUT2D eigenvalue weighted by Gasteiger charge is 2.04. The van der Waals surface area contributed by atoms with Crippen molar-refractivity contribution in [1.29, 1.82) is 0 Å². The lowest BCUT2D eigenvalue weighted by Gasteiger charge is -2.09. The fourth-order valence-corrected chi connectivity index (χ4v) is 1.05. The molecule has 0 saturated carbocycles. The van der Waals surface area contributed by atoms with Crippen molar-refractivity contribution in [1.82, 2.24) is 0 Å². The van der Waals surface area contributed by atoms with Gasteiger partial charge in [0.25, 0.3) is 0 Å². The lowest BCUT2D eigenvalue weighted by molar-refractivity contribution is -0.109. The Morgan fingerprint density at radius 2 is 2.21 bits per heavy atom. The molecule has 0 fully saturated rings. The van der Waals surface area contributed by atoms with E-state index in [1.807, 2.05) is 0 Å². The van der Waals surface area contributed by atoms with Crippen LogP contribution in [0.5, 0.6) is 11.5 Å². The molecule has 0 spiro atoms. The summed E-state index contributed by atoms with van der Waals surface area (Å²) in [4.78, 5) is 10.1. The van der Waals surface area contributed by atoms with Crippen molar-refractivity contribution in [2.45, 2.75) is 6.61 Å². The van der Waals surface area contributed by atoms with Gasteiger partial charge in [0.2, 0.25) is 0 Å². The molecule has 0 aliphatic heterocycles. The molecule has 4 heteroatoms. The predicted molar refractivity (Wildman–Crippen MR) is 50.5 cm³/mol. The molecule has 1 aromatic rings. The van der Waals surface area contributed by atoms with Crippen LogP contribution in [0.2, 0.25) is 0 Å². The summed E-state index contributed by atoms with van der Waals surface area (Å²) in [5.74, 6) is 1.01. The maximum atomic E-state index is 10.1. The number of aliphatic hydroxyl groups is 1. The van der Waals surface area contributed by atoms with Crippen LogP contribution in [0.25, 0.3) is 0 Å². The summed E-state index contributed by atoms with van der Waals surface area (Å²) in [5.41, 5.74) is 0.736. The maximum Gasteiger partial charge on any atom is 0.161 e. The Morgan fingerprint density at radius 3 is 2.79 bits per heavy atom. The third kappa shape index (κ3) is 2.47. The number of benzene rings is 1. The first-order chi connectivity index (χ1) is 6.81. The molecule has 0 aliphatic rings. The minimum Gasteiger partial charge on any atom is -0.493 e. The first kappa shape index (κ1) is 10.5. The summed E-state index contributed by atoms with van der Waals surface area (Å²) in [6, 6.07) is 5.04. The van der Waals surface area contributed by atoms with Crippen LogP contribution in [0.15, 0.2) is 18.2 Å². The van der Waals surface area contributed by atoms with Gasteiger partial charge in [0.1, 0.15) is 6.61 Å². The van der Waals surface area contributed by atoms with Gasteiger partial charge in [-0.1, -0.05) is 6.07 Å². The molecule has 1 N–H and O–H groups in total. The van der Waals surface area contributed by atoms with E-state index in [0.717, 1.165) is 5.56 Å². The van der Waals surface area contributed by atoms with E-state index in [-0.39, 0.29) is 13.2 Å². The summed E-state index contributed by atoms with van der Waals surface area (Å²) < 4.78 is 10.1. The lowest BCUT2D eigenvalue weighted by Crippen LogP contribution is -2.00. The average molecular weight is 196 g/mol. The van der Waals surface area contributed by atoms with E-state index in [9.17, 15) is 4.79 Å². The van der Waals surface area contributed by atoms with E-state index in [1.54, 1.807) is 18.2 Å². The van der Waals surface area contributed by atoms with Crippen molar-refractivity contribution in [3.63, 3.8) is 0 Å². The van der Waals surface area contributed by atoms with Crippen molar-refractivity contribution < 1.29 is 19.4 Å². The Labute approximate surface area is 82.1 Å². The summed E-state index contributed by atoms with van der Waals surface area (Å²) in [5, 5.41) is 8.87. The normalized spacial score (nSPS) is 9.57. The summed E-state index contributed by atoms with van der Waals surface area (Å²) >= 11 is 0. The fraction of sp³-hybridized carbons (Fsp3) is 0.300. The van der Waals surface area contributed by atoms with Gasteiger partial charge in [0.05, 0.1) is 13.7 Å². The van der Waals surface area contributed by atoms with Gasteiger partial charge in [-0.15, -0.1) is 0 Å². The van der Waals surface area contributed by atoms with Gasteiger partial charge < -0.3 is 14.6 Å². The summed E-state index contributed by atoms with van der Waals surface area (Å²) in [6.45, 7) is -0.0564. The zero-order valence-electron chi connectivity index (χ0n) is 7.90. The number of hydrogen-bond acceptors (Lipinski definition) is 4. The topological polar surface area (TPSA) is 55.8 Å². The Bertz CT molecular complexity index is 309. The SMILES string of the molecule is COc1cc(CO)ccc1OCC=O. The second kappa shape index (κ2) is 5.24. The molecule has 0 bridgehead atoms. The van der Waals surface area contributed by atoms with Crippen LogP contribution in [-0.4, -0.2) is 25.1 Å². The molecule has 0 unspecified atom stereocenters. The first-order valence-electron chi connectivity index (χ1n) is 4.16. The largest absolute Gasteiger partial charge is 0.493 e. The molecule has 1 rings (SSSR count). The van der Waals surface area contributed by atoms with Crippen LogP contribution in [0.4, 0.5) is 0 Å². The molecular weight excluding hydrogens is 184 g/mol. The van der Waals surface area contributed by atoms with Gasteiger partial charge in [0, 0.05) is 0 Å². The molecule has 4 nitrogen and oxygen atoms in total. The van der Waals surface area contributed by atoms with E-state index in [4.69, 9.17) is 14.6 Å². The molecule has 0 atom stereocenters. The standard InChI is InChI=1S/C10H12O4/c1-13-10-6-8(7-12)2-3-9(10)14-5-4-11/h2-4,6,12H,5,7H2,1H3. The zero-order valence-corrected chi connectivity index (χ0v) is 7.90. The number of carbonyl (C=O) groups is 1. The van der Waals surface area contributed by atoms with Gasteiger partial charge in [-0.05, 0) is 17.7 Å². The van der Waals surface area contributed by atoms with Gasteiger partial charge in [0.15, 0.2) is 17.8 Å². The van der Waals surface area contributed by atoms with E-state index < -0.39 is 0 Å². The number of carbonyl (C=O) groups excluding carboxylic acids is 1. The Balaban J connectivity index is 2.87. The third-order valence-electron chi connectivity index (χ3n) is 1.72. The molecule has 76 valence electrons. The minimum atomic E-state index is -0.0513. The van der Waals surface area contributed by atoms with Crippen molar-refractivity contribution in [3.05, 3.63) is 23.8 Å². The number of rotatable bonds is 5. The van der Waals surface area contributed by atoms with Crippen molar-refractivity contribution in [2.75, 3.05) is 13.7 Å². The molecule has 1 aromatic carbocycles. The second-order valence-electron chi connectivity index (χ2n) is 2.62. The molecule has 0 aliphatic carbocycles. The van der Waals surface area contributed by atoms with Gasteiger partial charge in [-0.25, -0.2) is 0 Å². The summed E-state index contributed by atoms with van der Waals surface area (Å²) in [6.07, 6.45) is 0.666.